The molecule has 0 amide bonds. The van der Waals surface area contributed by atoms with Crippen molar-refractivity contribution in [3.8, 4) is 11.5 Å². The monoisotopic (exact) mass is 415 g/mol. The lowest BCUT2D eigenvalue weighted by atomic mass is 10.2. The highest BCUT2D eigenvalue weighted by atomic mass is 16.5. The molecule has 0 fully saturated rings. The van der Waals surface area contributed by atoms with Crippen LogP contribution in [0.5, 0.6) is 11.5 Å². The second kappa shape index (κ2) is 8.31. The van der Waals surface area contributed by atoms with Gasteiger partial charge < -0.3 is 19.8 Å². The minimum Gasteiger partial charge on any atom is -0.493 e. The summed E-state index contributed by atoms with van der Waals surface area (Å²) >= 11 is 0. The Morgan fingerprint density at radius 2 is 2.06 bits per heavy atom. The third-order valence-corrected chi connectivity index (χ3v) is 5.00. The maximum absolute atomic E-state index is 5.96. The second-order valence-electron chi connectivity index (χ2n) is 7.02. The van der Waals surface area contributed by atoms with Crippen molar-refractivity contribution in [2.45, 2.75) is 13.0 Å². The van der Waals surface area contributed by atoms with Gasteiger partial charge in [0.05, 0.1) is 25.4 Å². The second-order valence-corrected chi connectivity index (χ2v) is 7.02. The number of aryl methyl sites for hydroxylation is 1. The number of methoxy groups -OCH3 is 1. The first kappa shape index (κ1) is 18.9. The number of anilines is 2. The van der Waals surface area contributed by atoms with Gasteiger partial charge in [-0.2, -0.15) is 0 Å². The van der Waals surface area contributed by atoms with Crippen LogP contribution in [0.15, 0.2) is 61.3 Å². The zero-order valence-corrected chi connectivity index (χ0v) is 16.9. The normalized spacial score (nSPS) is 11.1. The van der Waals surface area contributed by atoms with Crippen LogP contribution in [0, 0.1) is 0 Å². The molecule has 0 saturated heterocycles. The molecule has 0 saturated carbocycles. The maximum atomic E-state index is 5.96. The summed E-state index contributed by atoms with van der Waals surface area (Å²) in [6.07, 6.45) is 7.75. The number of ether oxygens (including phenoxy) is 2. The Morgan fingerprint density at radius 3 is 2.94 bits per heavy atom. The van der Waals surface area contributed by atoms with E-state index in [0.717, 1.165) is 40.5 Å². The van der Waals surface area contributed by atoms with Gasteiger partial charge in [0, 0.05) is 53.4 Å². The molecule has 0 unspecified atom stereocenters. The van der Waals surface area contributed by atoms with Gasteiger partial charge in [-0.1, -0.05) is 5.21 Å². The Morgan fingerprint density at radius 1 is 1.10 bits per heavy atom. The van der Waals surface area contributed by atoms with E-state index >= 15 is 0 Å². The highest BCUT2D eigenvalue weighted by Crippen LogP contribution is 2.35. The summed E-state index contributed by atoms with van der Waals surface area (Å²) < 4.78 is 13.3. The van der Waals surface area contributed by atoms with Crippen LogP contribution in [-0.4, -0.2) is 43.7 Å². The van der Waals surface area contributed by atoms with E-state index in [1.807, 2.05) is 42.7 Å². The van der Waals surface area contributed by atoms with Crippen molar-refractivity contribution in [3.05, 3.63) is 61.3 Å². The van der Waals surface area contributed by atoms with Crippen LogP contribution in [0.25, 0.3) is 21.8 Å². The van der Waals surface area contributed by atoms with Gasteiger partial charge in [0.15, 0.2) is 11.5 Å². The molecule has 0 aliphatic rings. The molecule has 0 bridgehead atoms. The number of hydrogen-bond acceptors (Lipinski definition) is 7. The third kappa shape index (κ3) is 3.97. The van der Waals surface area contributed by atoms with E-state index in [1.165, 1.54) is 0 Å². The zero-order valence-electron chi connectivity index (χ0n) is 16.9. The van der Waals surface area contributed by atoms with Crippen molar-refractivity contribution in [2.75, 3.05) is 19.0 Å². The zero-order chi connectivity index (χ0) is 21.0. The molecule has 3 heterocycles. The van der Waals surface area contributed by atoms with Crippen molar-refractivity contribution in [3.63, 3.8) is 0 Å². The number of aromatic nitrogens is 6. The summed E-state index contributed by atoms with van der Waals surface area (Å²) in [6, 6.07) is 11.9. The summed E-state index contributed by atoms with van der Waals surface area (Å²) in [5.41, 5.74) is 2.80. The van der Waals surface area contributed by atoms with Crippen molar-refractivity contribution in [1.82, 2.24) is 29.9 Å². The topological polar surface area (TPSA) is 103 Å². The molecule has 0 atom stereocenters. The molecule has 5 rings (SSSR count). The lowest BCUT2D eigenvalue weighted by Gasteiger charge is -2.14. The molecule has 2 N–H and O–H groups in total. The van der Waals surface area contributed by atoms with Gasteiger partial charge >= 0.3 is 0 Å². The van der Waals surface area contributed by atoms with E-state index in [4.69, 9.17) is 9.47 Å². The smallest absolute Gasteiger partial charge is 0.163 e. The summed E-state index contributed by atoms with van der Waals surface area (Å²) in [7, 11) is 1.63. The standard InChI is InChI=1S/C22H21N7O2/c1-30-20-12-17-19(13-21(20)31-10-2-8-29-9-7-26-28-29)24-14-25-22(17)27-16-3-4-18-15(11-16)5-6-23-18/h3-7,9,11-14,23H,2,8,10H2,1H3,(H,24,25,27). The first-order chi connectivity index (χ1) is 15.3. The average Bonchev–Trinajstić information content (AvgIpc) is 3.48. The minimum absolute atomic E-state index is 0.522. The number of aromatic amines is 1. The molecule has 0 radical (unpaired) electrons. The number of nitrogens with zero attached hydrogens (tertiary/aromatic N) is 5. The van der Waals surface area contributed by atoms with E-state index in [2.05, 4.69) is 36.6 Å². The maximum Gasteiger partial charge on any atom is 0.163 e. The van der Waals surface area contributed by atoms with Gasteiger partial charge in [0.1, 0.15) is 12.1 Å². The Bertz CT molecular complexity index is 1310. The highest BCUT2D eigenvalue weighted by molar-refractivity contribution is 5.94. The van der Waals surface area contributed by atoms with Crippen LogP contribution < -0.4 is 14.8 Å². The van der Waals surface area contributed by atoms with Gasteiger partial charge in [0.25, 0.3) is 0 Å². The summed E-state index contributed by atoms with van der Waals surface area (Å²) in [4.78, 5) is 12.1. The molecule has 156 valence electrons. The molecule has 0 aliphatic carbocycles. The molecule has 3 aromatic heterocycles. The van der Waals surface area contributed by atoms with Crippen molar-refractivity contribution in [1.29, 1.82) is 0 Å². The van der Waals surface area contributed by atoms with Crippen molar-refractivity contribution < 1.29 is 9.47 Å². The average molecular weight is 415 g/mol. The number of H-pyrrole nitrogens is 1. The number of rotatable bonds is 8. The van der Waals surface area contributed by atoms with Crippen LogP contribution in [0.4, 0.5) is 11.5 Å². The van der Waals surface area contributed by atoms with E-state index in [1.54, 1.807) is 24.3 Å². The molecule has 31 heavy (non-hydrogen) atoms. The summed E-state index contributed by atoms with van der Waals surface area (Å²) in [5, 5.41) is 13.1. The Balaban J connectivity index is 1.37. The molecule has 9 nitrogen and oxygen atoms in total. The molecule has 5 aromatic rings. The quantitative estimate of drug-likeness (QED) is 0.370. The van der Waals surface area contributed by atoms with Gasteiger partial charge in [-0.15, -0.1) is 5.10 Å². The third-order valence-electron chi connectivity index (χ3n) is 5.00. The van der Waals surface area contributed by atoms with E-state index in [-0.39, 0.29) is 0 Å². The number of benzene rings is 2. The number of fused-ring (bicyclic) bond motifs is 2. The number of hydrogen-bond donors (Lipinski definition) is 2. The van der Waals surface area contributed by atoms with Gasteiger partial charge in [0.2, 0.25) is 0 Å². The molecule has 0 aliphatic heterocycles. The fourth-order valence-corrected chi connectivity index (χ4v) is 3.46. The Labute approximate surface area is 178 Å². The lowest BCUT2D eigenvalue weighted by molar-refractivity contribution is 0.280. The molecule has 0 spiro atoms. The SMILES string of the molecule is COc1cc2c(Nc3ccc4[nH]ccc4c3)ncnc2cc1OCCCn1ccnn1. The molecule has 9 heteroatoms. The summed E-state index contributed by atoms with van der Waals surface area (Å²) in [5.74, 6) is 1.98. The van der Waals surface area contributed by atoms with Crippen LogP contribution in [0.2, 0.25) is 0 Å². The Kier molecular flexibility index (Phi) is 5.05. The largest absolute Gasteiger partial charge is 0.493 e. The van der Waals surface area contributed by atoms with Crippen LogP contribution in [0.1, 0.15) is 6.42 Å². The van der Waals surface area contributed by atoms with Gasteiger partial charge in [-0.25, -0.2) is 9.97 Å². The predicted molar refractivity (Wildman–Crippen MR) is 118 cm³/mol. The van der Waals surface area contributed by atoms with Crippen LogP contribution in [0.3, 0.4) is 0 Å². The van der Waals surface area contributed by atoms with E-state index in [9.17, 15) is 0 Å². The Hall–Kier alpha value is -4.14. The molecule has 2 aromatic carbocycles. The lowest BCUT2D eigenvalue weighted by Crippen LogP contribution is -2.06. The minimum atomic E-state index is 0.522. The fourth-order valence-electron chi connectivity index (χ4n) is 3.46. The number of nitrogens with one attached hydrogen (secondary N) is 2. The molecular formula is C22H21N7O2. The first-order valence-corrected chi connectivity index (χ1v) is 9.94. The highest BCUT2D eigenvalue weighted by Gasteiger charge is 2.12. The van der Waals surface area contributed by atoms with Gasteiger partial charge in [-0.3, -0.25) is 4.68 Å². The fraction of sp³-hybridized carbons (Fsp3) is 0.182. The van der Waals surface area contributed by atoms with Gasteiger partial charge in [-0.05, 0) is 30.3 Å². The summed E-state index contributed by atoms with van der Waals surface area (Å²) in [6.45, 7) is 1.26. The van der Waals surface area contributed by atoms with E-state index < -0.39 is 0 Å². The van der Waals surface area contributed by atoms with E-state index in [0.29, 0.717) is 23.9 Å². The van der Waals surface area contributed by atoms with Crippen molar-refractivity contribution >= 4 is 33.3 Å². The van der Waals surface area contributed by atoms with Crippen LogP contribution >= 0.6 is 0 Å². The van der Waals surface area contributed by atoms with Crippen molar-refractivity contribution in [2.24, 2.45) is 0 Å². The predicted octanol–water partition coefficient (Wildman–Crippen LogP) is 3.92. The molecular weight excluding hydrogens is 394 g/mol. The van der Waals surface area contributed by atoms with Crippen LogP contribution in [-0.2, 0) is 6.54 Å². The first-order valence-electron chi connectivity index (χ1n) is 9.94.